The summed E-state index contributed by atoms with van der Waals surface area (Å²) in [6, 6.07) is 4.83. The summed E-state index contributed by atoms with van der Waals surface area (Å²) >= 11 is 0. The number of sulfonamides is 1. The summed E-state index contributed by atoms with van der Waals surface area (Å²) in [5.74, 6) is 0.974. The monoisotopic (exact) mass is 309 g/mol. The van der Waals surface area contributed by atoms with E-state index in [0.717, 1.165) is 12.2 Å². The number of hydrogen-bond donors (Lipinski definition) is 2. The van der Waals surface area contributed by atoms with Crippen molar-refractivity contribution in [3.05, 3.63) is 41.6 Å². The Balaban J connectivity index is 2.25. The van der Waals surface area contributed by atoms with Crippen molar-refractivity contribution in [2.75, 3.05) is 11.3 Å². The van der Waals surface area contributed by atoms with E-state index in [0.29, 0.717) is 23.8 Å². The lowest BCUT2D eigenvalue weighted by Gasteiger charge is -2.07. The normalized spacial score (nSPS) is 11.6. The minimum Gasteiger partial charge on any atom is -0.464 e. The molecule has 0 unspecified atom stereocenters. The fourth-order valence-corrected chi connectivity index (χ4v) is 3.20. The predicted octanol–water partition coefficient (Wildman–Crippen LogP) is 2.20. The van der Waals surface area contributed by atoms with Crippen LogP contribution in [0.4, 0.5) is 5.69 Å². The van der Waals surface area contributed by atoms with Gasteiger partial charge in [-0.2, -0.15) is 0 Å². The highest BCUT2D eigenvalue weighted by molar-refractivity contribution is 7.92. The van der Waals surface area contributed by atoms with Gasteiger partial charge < -0.3 is 9.73 Å². The molecular formula is C14H19N3O3S. The van der Waals surface area contributed by atoms with Gasteiger partial charge in [0.2, 0.25) is 0 Å². The summed E-state index contributed by atoms with van der Waals surface area (Å²) in [5, 5.41) is 3.10. The van der Waals surface area contributed by atoms with Gasteiger partial charge in [0.1, 0.15) is 16.4 Å². The van der Waals surface area contributed by atoms with E-state index in [9.17, 15) is 8.42 Å². The van der Waals surface area contributed by atoms with Gasteiger partial charge in [-0.05, 0) is 32.5 Å². The van der Waals surface area contributed by atoms with E-state index in [1.54, 1.807) is 38.2 Å². The van der Waals surface area contributed by atoms with E-state index >= 15 is 0 Å². The molecule has 0 aliphatic heterocycles. The van der Waals surface area contributed by atoms with Crippen LogP contribution >= 0.6 is 0 Å². The van der Waals surface area contributed by atoms with Crippen LogP contribution in [0.5, 0.6) is 0 Å². The molecule has 2 heterocycles. The highest BCUT2D eigenvalue weighted by Crippen LogP contribution is 2.23. The molecule has 0 aliphatic carbocycles. The van der Waals surface area contributed by atoms with E-state index in [1.807, 2.05) is 6.92 Å². The maximum absolute atomic E-state index is 12.4. The van der Waals surface area contributed by atoms with Gasteiger partial charge in [-0.25, -0.2) is 8.42 Å². The Morgan fingerprint density at radius 2 is 2.05 bits per heavy atom. The molecule has 7 heteroatoms. The van der Waals surface area contributed by atoms with Gasteiger partial charge in [0.05, 0.1) is 12.2 Å². The van der Waals surface area contributed by atoms with Crippen molar-refractivity contribution in [3.63, 3.8) is 0 Å². The molecule has 114 valence electrons. The van der Waals surface area contributed by atoms with Gasteiger partial charge in [-0.1, -0.05) is 6.92 Å². The van der Waals surface area contributed by atoms with Crippen molar-refractivity contribution < 1.29 is 12.8 Å². The van der Waals surface area contributed by atoms with Crippen molar-refractivity contribution in [2.24, 2.45) is 0 Å². The molecule has 0 saturated carbocycles. The van der Waals surface area contributed by atoms with Crippen LogP contribution in [-0.2, 0) is 16.6 Å². The molecule has 0 aliphatic rings. The number of furan rings is 1. The van der Waals surface area contributed by atoms with Crippen LogP contribution in [0.2, 0.25) is 0 Å². The largest absolute Gasteiger partial charge is 0.464 e. The molecule has 21 heavy (non-hydrogen) atoms. The summed E-state index contributed by atoms with van der Waals surface area (Å²) in [4.78, 5) is 4.19. The molecule has 0 spiro atoms. The molecule has 0 amide bonds. The lowest BCUT2D eigenvalue weighted by molar-refractivity contribution is 0.460. The molecule has 0 radical (unpaired) electrons. The summed E-state index contributed by atoms with van der Waals surface area (Å²) < 4.78 is 32.8. The first-order valence-corrected chi connectivity index (χ1v) is 8.16. The first-order chi connectivity index (χ1) is 9.92. The van der Waals surface area contributed by atoms with Crippen LogP contribution in [-0.4, -0.2) is 19.9 Å². The maximum atomic E-state index is 12.4. The molecular weight excluding hydrogens is 290 g/mol. The van der Waals surface area contributed by atoms with Crippen LogP contribution < -0.4 is 10.0 Å². The molecule has 0 fully saturated rings. The summed E-state index contributed by atoms with van der Waals surface area (Å²) in [7, 11) is -3.66. The number of nitrogens with zero attached hydrogens (tertiary/aromatic N) is 1. The Labute approximate surface area is 124 Å². The molecule has 0 aromatic carbocycles. The zero-order valence-corrected chi connectivity index (χ0v) is 13.1. The summed E-state index contributed by atoms with van der Waals surface area (Å²) in [5.41, 5.74) is 1.23. The molecule has 6 nitrogen and oxygen atoms in total. The lowest BCUT2D eigenvalue weighted by atomic mass is 10.3. The molecule has 0 bridgehead atoms. The van der Waals surface area contributed by atoms with Gasteiger partial charge in [0.25, 0.3) is 10.0 Å². The molecule has 0 saturated heterocycles. The maximum Gasteiger partial charge on any atom is 0.265 e. The van der Waals surface area contributed by atoms with E-state index in [2.05, 4.69) is 15.0 Å². The number of anilines is 1. The average molecular weight is 309 g/mol. The third-order valence-corrected chi connectivity index (χ3v) is 4.40. The summed E-state index contributed by atoms with van der Waals surface area (Å²) in [6.45, 7) is 6.70. The van der Waals surface area contributed by atoms with Crippen molar-refractivity contribution in [1.82, 2.24) is 10.3 Å². The molecule has 2 aromatic heterocycles. The third kappa shape index (κ3) is 3.83. The molecule has 2 aromatic rings. The number of rotatable bonds is 6. The van der Waals surface area contributed by atoms with Gasteiger partial charge in [0, 0.05) is 18.0 Å². The number of hydrogen-bond acceptors (Lipinski definition) is 5. The van der Waals surface area contributed by atoms with Crippen LogP contribution in [0.15, 0.2) is 33.7 Å². The van der Waals surface area contributed by atoms with Crippen LogP contribution in [0.1, 0.15) is 24.1 Å². The second kappa shape index (κ2) is 6.28. The second-order valence-electron chi connectivity index (χ2n) is 4.70. The van der Waals surface area contributed by atoms with Gasteiger partial charge in [0.15, 0.2) is 0 Å². The summed E-state index contributed by atoms with van der Waals surface area (Å²) in [6.07, 6.45) is 1.56. The standard InChI is InChI=1S/C14H19N3O3S/c1-4-15-9-13-8-14(11(3)20-13)21(18,19)17-12-5-6-16-10(2)7-12/h5-8,15H,4,9H2,1-3H3,(H,16,17). The first-order valence-electron chi connectivity index (χ1n) is 6.68. The molecule has 2 N–H and O–H groups in total. The van der Waals surface area contributed by atoms with Crippen molar-refractivity contribution in [3.8, 4) is 0 Å². The number of nitrogens with one attached hydrogen (secondary N) is 2. The van der Waals surface area contributed by atoms with E-state index in [-0.39, 0.29) is 4.90 Å². The highest BCUT2D eigenvalue weighted by Gasteiger charge is 2.21. The molecule has 0 atom stereocenters. The molecule has 2 rings (SSSR count). The fourth-order valence-electron chi connectivity index (χ4n) is 1.95. The Hall–Kier alpha value is -1.86. The Bertz CT molecular complexity index is 723. The lowest BCUT2D eigenvalue weighted by Crippen LogP contribution is -2.13. The van der Waals surface area contributed by atoms with Crippen molar-refractivity contribution >= 4 is 15.7 Å². The SMILES string of the molecule is CCNCc1cc(S(=O)(=O)Nc2ccnc(C)c2)c(C)o1. The fraction of sp³-hybridized carbons (Fsp3) is 0.357. The number of aromatic nitrogens is 1. The van der Waals surface area contributed by atoms with E-state index in [1.165, 1.54) is 0 Å². The minimum atomic E-state index is -3.66. The minimum absolute atomic E-state index is 0.157. The van der Waals surface area contributed by atoms with Crippen LogP contribution in [0.3, 0.4) is 0 Å². The highest BCUT2D eigenvalue weighted by atomic mass is 32.2. The van der Waals surface area contributed by atoms with E-state index < -0.39 is 10.0 Å². The first kappa shape index (κ1) is 15.5. The van der Waals surface area contributed by atoms with Gasteiger partial charge in [-0.15, -0.1) is 0 Å². The number of aryl methyl sites for hydroxylation is 2. The average Bonchev–Trinajstić information content (AvgIpc) is 2.78. The Morgan fingerprint density at radius 1 is 1.29 bits per heavy atom. The third-order valence-electron chi connectivity index (χ3n) is 2.91. The number of pyridine rings is 1. The van der Waals surface area contributed by atoms with Gasteiger partial charge in [-0.3, -0.25) is 9.71 Å². The smallest absolute Gasteiger partial charge is 0.265 e. The predicted molar refractivity (Wildman–Crippen MR) is 80.6 cm³/mol. The second-order valence-corrected chi connectivity index (χ2v) is 6.36. The van der Waals surface area contributed by atoms with Crippen LogP contribution in [0, 0.1) is 13.8 Å². The quantitative estimate of drug-likeness (QED) is 0.854. The Kier molecular flexibility index (Phi) is 4.64. The van der Waals surface area contributed by atoms with Crippen LogP contribution in [0.25, 0.3) is 0 Å². The van der Waals surface area contributed by atoms with Gasteiger partial charge >= 0.3 is 0 Å². The topological polar surface area (TPSA) is 84.2 Å². The zero-order chi connectivity index (χ0) is 15.5. The van der Waals surface area contributed by atoms with Crippen molar-refractivity contribution in [1.29, 1.82) is 0 Å². The Morgan fingerprint density at radius 3 is 2.71 bits per heavy atom. The zero-order valence-electron chi connectivity index (χ0n) is 12.3. The van der Waals surface area contributed by atoms with E-state index in [4.69, 9.17) is 4.42 Å². The van der Waals surface area contributed by atoms with Crippen molar-refractivity contribution in [2.45, 2.75) is 32.2 Å².